The molecule has 2 N–H and O–H groups in total. The molecule has 0 radical (unpaired) electrons. The lowest BCUT2D eigenvalue weighted by atomic mass is 9.83. The van der Waals surface area contributed by atoms with E-state index in [2.05, 4.69) is 44.0 Å². The summed E-state index contributed by atoms with van der Waals surface area (Å²) in [5.41, 5.74) is 9.45. The van der Waals surface area contributed by atoms with Crippen molar-refractivity contribution in [3.63, 3.8) is 0 Å². The van der Waals surface area contributed by atoms with Gasteiger partial charge in [0.05, 0.1) is 0 Å². The first-order chi connectivity index (χ1) is 8.97. The summed E-state index contributed by atoms with van der Waals surface area (Å²) in [6, 6.07) is 7.20. The van der Waals surface area contributed by atoms with Gasteiger partial charge in [0.15, 0.2) is 0 Å². The number of hydrogen-bond acceptors (Lipinski definition) is 2. The number of fused-ring (bicyclic) bond motifs is 1. The number of carbonyl (C=O) groups is 1. The second-order valence-corrected chi connectivity index (χ2v) is 5.95. The number of rotatable bonds is 4. The van der Waals surface area contributed by atoms with Gasteiger partial charge in [-0.1, -0.05) is 18.2 Å². The van der Waals surface area contributed by atoms with Crippen molar-refractivity contribution in [2.45, 2.75) is 45.7 Å². The number of carbonyl (C=O) groups excluding carboxylic acids is 1. The zero-order valence-electron chi connectivity index (χ0n) is 12.1. The second-order valence-electron chi connectivity index (χ2n) is 5.95. The number of nitrogens with zero attached hydrogens (tertiary/aromatic N) is 1. The van der Waals surface area contributed by atoms with E-state index < -0.39 is 0 Å². The molecular formula is C16H24N2O. The van der Waals surface area contributed by atoms with Crippen LogP contribution in [-0.4, -0.2) is 23.9 Å². The Morgan fingerprint density at radius 3 is 2.79 bits per heavy atom. The van der Waals surface area contributed by atoms with Crippen LogP contribution in [0.3, 0.4) is 0 Å². The Morgan fingerprint density at radius 1 is 1.42 bits per heavy atom. The first-order valence-electron chi connectivity index (χ1n) is 7.07. The van der Waals surface area contributed by atoms with Gasteiger partial charge in [0.1, 0.15) is 0 Å². The zero-order valence-corrected chi connectivity index (χ0v) is 12.1. The highest BCUT2D eigenvalue weighted by molar-refractivity contribution is 5.77. The molecule has 1 atom stereocenters. The number of amides is 1. The van der Waals surface area contributed by atoms with Crippen molar-refractivity contribution < 1.29 is 4.79 Å². The third kappa shape index (κ3) is 3.35. The van der Waals surface area contributed by atoms with Gasteiger partial charge in [-0.25, -0.2) is 0 Å². The molecule has 0 fully saturated rings. The lowest BCUT2D eigenvalue weighted by Gasteiger charge is -2.25. The third-order valence-electron chi connectivity index (χ3n) is 4.22. The van der Waals surface area contributed by atoms with Crippen molar-refractivity contribution in [3.8, 4) is 0 Å². The van der Waals surface area contributed by atoms with Crippen molar-refractivity contribution >= 4 is 5.91 Å². The molecule has 0 saturated carbocycles. The number of aryl methyl sites for hydroxylation is 1. The summed E-state index contributed by atoms with van der Waals surface area (Å²) in [6.07, 6.45) is 2.68. The fourth-order valence-electron chi connectivity index (χ4n) is 2.62. The van der Waals surface area contributed by atoms with Crippen molar-refractivity contribution in [2.75, 3.05) is 7.05 Å². The van der Waals surface area contributed by atoms with Crippen molar-refractivity contribution in [1.29, 1.82) is 0 Å². The Balaban J connectivity index is 2.11. The summed E-state index contributed by atoms with van der Waals surface area (Å²) in [5.74, 6) is -0.133. The van der Waals surface area contributed by atoms with E-state index in [1.165, 1.54) is 16.7 Å². The molecular weight excluding hydrogens is 236 g/mol. The Morgan fingerprint density at radius 2 is 2.16 bits per heavy atom. The van der Waals surface area contributed by atoms with Crippen LogP contribution in [0.4, 0.5) is 0 Å². The Kier molecular flexibility index (Phi) is 4.25. The van der Waals surface area contributed by atoms with Crippen molar-refractivity contribution in [3.05, 3.63) is 34.9 Å². The average molecular weight is 260 g/mol. The number of nitrogens with two attached hydrogens (primary N) is 1. The minimum absolute atomic E-state index is 0.0247. The molecule has 104 valence electrons. The molecule has 0 spiro atoms. The monoisotopic (exact) mass is 260 g/mol. The third-order valence-corrected chi connectivity index (χ3v) is 4.22. The maximum absolute atomic E-state index is 11.3. The van der Waals surface area contributed by atoms with Crippen LogP contribution in [0.25, 0.3) is 0 Å². The number of benzene rings is 1. The Bertz CT molecular complexity index is 468. The van der Waals surface area contributed by atoms with Gasteiger partial charge < -0.3 is 5.73 Å². The largest absolute Gasteiger partial charge is 0.369 e. The highest BCUT2D eigenvalue weighted by Crippen LogP contribution is 2.26. The summed E-state index contributed by atoms with van der Waals surface area (Å²) >= 11 is 0. The molecule has 0 aliphatic heterocycles. The van der Waals surface area contributed by atoms with E-state index in [9.17, 15) is 4.79 Å². The van der Waals surface area contributed by atoms with Crippen molar-refractivity contribution in [2.24, 2.45) is 11.7 Å². The smallest absolute Gasteiger partial charge is 0.220 e. The molecule has 1 aliphatic carbocycles. The molecule has 1 unspecified atom stereocenters. The van der Waals surface area contributed by atoms with E-state index >= 15 is 0 Å². The predicted molar refractivity (Wildman–Crippen MR) is 77.8 cm³/mol. The standard InChI is InChI=1S/C16H24N2O/c1-11(2)18(3)10-12-4-5-14-9-15(16(17)19)7-6-13(14)8-12/h4-5,8,11,15H,6-7,9-10H2,1-3H3,(H2,17,19). The number of primary amides is 1. The normalized spacial score (nSPS) is 18.7. The van der Waals surface area contributed by atoms with Crippen LogP contribution in [0, 0.1) is 5.92 Å². The van der Waals surface area contributed by atoms with Gasteiger partial charge >= 0.3 is 0 Å². The molecule has 1 aromatic carbocycles. The molecule has 0 saturated heterocycles. The predicted octanol–water partition coefficient (Wildman–Crippen LogP) is 2.12. The molecule has 19 heavy (non-hydrogen) atoms. The maximum Gasteiger partial charge on any atom is 0.220 e. The van der Waals surface area contributed by atoms with Gasteiger partial charge in [0.25, 0.3) is 0 Å². The van der Waals surface area contributed by atoms with Gasteiger partial charge in [-0.05, 0) is 56.8 Å². The van der Waals surface area contributed by atoms with Gasteiger partial charge in [0.2, 0.25) is 5.91 Å². The second kappa shape index (κ2) is 5.74. The zero-order chi connectivity index (χ0) is 14.0. The molecule has 1 aromatic rings. The highest BCUT2D eigenvalue weighted by Gasteiger charge is 2.22. The molecule has 0 bridgehead atoms. The van der Waals surface area contributed by atoms with E-state index in [4.69, 9.17) is 5.73 Å². The highest BCUT2D eigenvalue weighted by atomic mass is 16.1. The van der Waals surface area contributed by atoms with Crippen LogP contribution in [-0.2, 0) is 24.2 Å². The first kappa shape index (κ1) is 14.1. The van der Waals surface area contributed by atoms with E-state index in [0.717, 1.165) is 25.8 Å². The average Bonchev–Trinajstić information content (AvgIpc) is 2.37. The van der Waals surface area contributed by atoms with E-state index in [1.807, 2.05) is 0 Å². The molecule has 2 rings (SSSR count). The summed E-state index contributed by atoms with van der Waals surface area (Å²) < 4.78 is 0. The molecule has 1 aliphatic rings. The van der Waals surface area contributed by atoms with Crippen LogP contribution in [0.15, 0.2) is 18.2 Å². The lowest BCUT2D eigenvalue weighted by molar-refractivity contribution is -0.122. The van der Waals surface area contributed by atoms with Crippen LogP contribution >= 0.6 is 0 Å². The fraction of sp³-hybridized carbons (Fsp3) is 0.562. The summed E-state index contributed by atoms with van der Waals surface area (Å²) in [7, 11) is 2.15. The molecule has 3 heteroatoms. The van der Waals surface area contributed by atoms with Crippen LogP contribution in [0.2, 0.25) is 0 Å². The number of hydrogen-bond donors (Lipinski definition) is 1. The van der Waals surface area contributed by atoms with Crippen molar-refractivity contribution in [1.82, 2.24) is 4.90 Å². The molecule has 0 aromatic heterocycles. The summed E-state index contributed by atoms with van der Waals surface area (Å²) in [5, 5.41) is 0. The van der Waals surface area contributed by atoms with Crippen LogP contribution in [0.1, 0.15) is 37.0 Å². The van der Waals surface area contributed by atoms with E-state index in [-0.39, 0.29) is 11.8 Å². The van der Waals surface area contributed by atoms with Gasteiger partial charge in [-0.2, -0.15) is 0 Å². The minimum Gasteiger partial charge on any atom is -0.369 e. The summed E-state index contributed by atoms with van der Waals surface area (Å²) in [4.78, 5) is 13.6. The van der Waals surface area contributed by atoms with E-state index in [1.54, 1.807) is 0 Å². The summed E-state index contributed by atoms with van der Waals surface area (Å²) in [6.45, 7) is 5.38. The minimum atomic E-state index is -0.158. The van der Waals surface area contributed by atoms with Gasteiger partial charge in [-0.3, -0.25) is 9.69 Å². The first-order valence-corrected chi connectivity index (χ1v) is 7.07. The Labute approximate surface area is 115 Å². The molecule has 3 nitrogen and oxygen atoms in total. The lowest BCUT2D eigenvalue weighted by Crippen LogP contribution is -2.29. The maximum atomic E-state index is 11.3. The molecule has 0 heterocycles. The Hall–Kier alpha value is -1.35. The van der Waals surface area contributed by atoms with Gasteiger partial charge in [-0.15, -0.1) is 0 Å². The SMILES string of the molecule is CC(C)N(C)Cc1ccc2c(c1)CCC(C(N)=O)C2. The van der Waals surface area contributed by atoms with E-state index in [0.29, 0.717) is 6.04 Å². The molecule has 1 amide bonds. The van der Waals surface area contributed by atoms with Gasteiger partial charge in [0, 0.05) is 18.5 Å². The van der Waals surface area contributed by atoms with Crippen LogP contribution in [0.5, 0.6) is 0 Å². The quantitative estimate of drug-likeness (QED) is 0.901. The van der Waals surface area contributed by atoms with Crippen LogP contribution < -0.4 is 5.73 Å². The fourth-order valence-corrected chi connectivity index (χ4v) is 2.62. The topological polar surface area (TPSA) is 46.3 Å².